The second-order valence-electron chi connectivity index (χ2n) is 2.15. The van der Waals surface area contributed by atoms with Crippen molar-refractivity contribution in [3.63, 3.8) is 0 Å². The van der Waals surface area contributed by atoms with Crippen molar-refractivity contribution in [2.24, 2.45) is 0 Å². The topological polar surface area (TPSA) is 35.5 Å². The summed E-state index contributed by atoms with van der Waals surface area (Å²) in [6, 6.07) is 7.68. The largest absolute Gasteiger partial charge is 0.468 e. The number of ether oxygens (including phenoxy) is 2. The van der Waals surface area contributed by atoms with Crippen molar-refractivity contribution in [2.45, 2.75) is 0 Å². The van der Waals surface area contributed by atoms with E-state index in [0.717, 1.165) is 6.29 Å². The molecule has 1 aromatic rings. The molecule has 0 aliphatic rings. The maximum atomic E-state index is 10.2. The Bertz CT molecular complexity index is 240. The summed E-state index contributed by atoms with van der Waals surface area (Å²) in [4.78, 5) is 10.2. The summed E-state index contributed by atoms with van der Waals surface area (Å²) in [6.45, 7) is 0.203. The molecule has 0 N–H and O–H groups in total. The van der Waals surface area contributed by atoms with Crippen LogP contribution in [0.4, 0.5) is 0 Å². The Hall–Kier alpha value is -1.35. The summed E-state index contributed by atoms with van der Waals surface area (Å²) in [7, 11) is 1.55. The Morgan fingerprint density at radius 3 is 2.92 bits per heavy atom. The van der Waals surface area contributed by atoms with Gasteiger partial charge in [0.2, 0.25) is 0 Å². The molecule has 3 heteroatoms. The highest BCUT2D eigenvalue weighted by molar-refractivity contribution is 5.74. The van der Waals surface area contributed by atoms with Gasteiger partial charge >= 0.3 is 0 Å². The Morgan fingerprint density at radius 2 is 2.42 bits per heavy atom. The Kier molecular flexibility index (Phi) is 3.29. The van der Waals surface area contributed by atoms with E-state index in [9.17, 15) is 4.79 Å². The van der Waals surface area contributed by atoms with Crippen molar-refractivity contribution >= 4 is 6.29 Å². The first-order valence-corrected chi connectivity index (χ1v) is 3.45. The summed E-state index contributed by atoms with van der Waals surface area (Å²) in [5.74, 6) is 0.641. The lowest BCUT2D eigenvalue weighted by molar-refractivity contribution is 0.0511. The van der Waals surface area contributed by atoms with Gasteiger partial charge in [-0.25, -0.2) is 0 Å². The van der Waals surface area contributed by atoms with Crippen LogP contribution in [0.1, 0.15) is 10.4 Å². The van der Waals surface area contributed by atoms with Gasteiger partial charge in [0, 0.05) is 12.7 Å². The van der Waals surface area contributed by atoms with Crippen LogP contribution in [0.5, 0.6) is 5.75 Å². The fraction of sp³-hybridized carbons (Fsp3) is 0.222. The lowest BCUT2D eigenvalue weighted by atomic mass is 10.2. The molecule has 0 fully saturated rings. The quantitative estimate of drug-likeness (QED) is 0.498. The second-order valence-corrected chi connectivity index (χ2v) is 2.15. The van der Waals surface area contributed by atoms with Gasteiger partial charge in [0.15, 0.2) is 13.1 Å². The summed E-state index contributed by atoms with van der Waals surface area (Å²) in [5.41, 5.74) is 0.514. The van der Waals surface area contributed by atoms with Crippen LogP contribution >= 0.6 is 0 Å². The van der Waals surface area contributed by atoms with Crippen molar-refractivity contribution in [2.75, 3.05) is 13.9 Å². The van der Waals surface area contributed by atoms with E-state index < -0.39 is 0 Å². The Labute approximate surface area is 70.9 Å². The first-order chi connectivity index (χ1) is 5.86. The first-order valence-electron chi connectivity index (χ1n) is 3.45. The zero-order valence-electron chi connectivity index (χ0n) is 6.74. The maximum Gasteiger partial charge on any atom is 0.188 e. The average molecular weight is 165 g/mol. The van der Waals surface area contributed by atoms with E-state index in [0.29, 0.717) is 11.3 Å². The van der Waals surface area contributed by atoms with E-state index in [1.54, 1.807) is 25.3 Å². The fourth-order valence-electron chi connectivity index (χ4n) is 0.713. The fourth-order valence-corrected chi connectivity index (χ4v) is 0.713. The van der Waals surface area contributed by atoms with Gasteiger partial charge in [-0.3, -0.25) is 4.79 Å². The van der Waals surface area contributed by atoms with Crippen molar-refractivity contribution in [3.8, 4) is 5.75 Å². The van der Waals surface area contributed by atoms with Crippen molar-refractivity contribution in [1.29, 1.82) is 0 Å². The average Bonchev–Trinajstić information content (AvgIpc) is 2.15. The van der Waals surface area contributed by atoms with Crippen molar-refractivity contribution in [3.05, 3.63) is 29.8 Å². The van der Waals surface area contributed by atoms with E-state index in [4.69, 9.17) is 9.47 Å². The molecule has 0 spiro atoms. The number of hydrogen-bond donors (Lipinski definition) is 0. The maximum absolute atomic E-state index is 10.2. The van der Waals surface area contributed by atoms with Crippen LogP contribution in [0.25, 0.3) is 0 Å². The minimum absolute atomic E-state index is 0.203. The van der Waals surface area contributed by atoms with Gasteiger partial charge in [-0.05, 0) is 24.3 Å². The molecule has 0 bridgehead atoms. The van der Waals surface area contributed by atoms with Crippen LogP contribution in [-0.2, 0) is 4.74 Å². The Morgan fingerprint density at radius 1 is 1.58 bits per heavy atom. The molecule has 3 nitrogen and oxygen atoms in total. The molecule has 0 saturated heterocycles. The number of hydrogen-bond acceptors (Lipinski definition) is 3. The van der Waals surface area contributed by atoms with Crippen molar-refractivity contribution in [1.82, 2.24) is 0 Å². The third kappa shape index (κ3) is 2.36. The zero-order chi connectivity index (χ0) is 8.81. The predicted molar refractivity (Wildman–Crippen MR) is 43.2 cm³/mol. The normalized spacial score (nSPS) is 9.42. The van der Waals surface area contributed by atoms with Crippen LogP contribution in [0.3, 0.4) is 0 Å². The van der Waals surface area contributed by atoms with E-state index in [-0.39, 0.29) is 6.79 Å². The molecular weight excluding hydrogens is 156 g/mol. The number of carbonyl (C=O) groups is 1. The second kappa shape index (κ2) is 4.51. The Balaban J connectivity index is 2.58. The van der Waals surface area contributed by atoms with E-state index in [1.165, 1.54) is 0 Å². The number of methoxy groups -OCH3 is 1. The molecule has 1 aromatic carbocycles. The molecule has 0 amide bonds. The molecule has 0 unspecified atom stereocenters. The van der Waals surface area contributed by atoms with Gasteiger partial charge in [-0.2, -0.15) is 0 Å². The van der Waals surface area contributed by atoms with Crippen LogP contribution in [0, 0.1) is 6.07 Å². The summed E-state index contributed by atoms with van der Waals surface area (Å²) >= 11 is 0. The van der Waals surface area contributed by atoms with Crippen LogP contribution in [0.2, 0.25) is 0 Å². The molecule has 0 aliphatic carbocycles. The minimum atomic E-state index is 0.203. The van der Waals surface area contributed by atoms with Gasteiger partial charge in [0.05, 0.1) is 0 Å². The van der Waals surface area contributed by atoms with E-state index in [2.05, 4.69) is 6.07 Å². The lowest BCUT2D eigenvalue weighted by Crippen LogP contribution is -1.98. The van der Waals surface area contributed by atoms with E-state index in [1.807, 2.05) is 0 Å². The third-order valence-electron chi connectivity index (χ3n) is 1.28. The molecule has 1 radical (unpaired) electrons. The molecule has 0 heterocycles. The summed E-state index contributed by atoms with van der Waals surface area (Å²) in [5, 5.41) is 0. The molecule has 1 rings (SSSR count). The van der Waals surface area contributed by atoms with Gasteiger partial charge in [0.25, 0.3) is 0 Å². The molecule has 0 aliphatic heterocycles. The molecule has 63 valence electrons. The van der Waals surface area contributed by atoms with Crippen LogP contribution < -0.4 is 4.74 Å². The third-order valence-corrected chi connectivity index (χ3v) is 1.28. The lowest BCUT2D eigenvalue weighted by Gasteiger charge is -2.02. The monoisotopic (exact) mass is 165 g/mol. The van der Waals surface area contributed by atoms with Gasteiger partial charge in [-0.15, -0.1) is 0 Å². The molecule has 12 heavy (non-hydrogen) atoms. The summed E-state index contributed by atoms with van der Waals surface area (Å²) < 4.78 is 9.78. The smallest absolute Gasteiger partial charge is 0.188 e. The highest BCUT2D eigenvalue weighted by Gasteiger charge is 1.93. The van der Waals surface area contributed by atoms with E-state index >= 15 is 0 Å². The SMILES string of the molecule is COCOc1c[c]c(C=O)cc1. The molecule has 0 saturated carbocycles. The first kappa shape index (κ1) is 8.74. The van der Waals surface area contributed by atoms with Gasteiger partial charge < -0.3 is 9.47 Å². The zero-order valence-corrected chi connectivity index (χ0v) is 6.74. The van der Waals surface area contributed by atoms with Crippen LogP contribution in [-0.4, -0.2) is 20.2 Å². The highest BCUT2D eigenvalue weighted by Crippen LogP contribution is 2.09. The predicted octanol–water partition coefficient (Wildman–Crippen LogP) is 1.28. The van der Waals surface area contributed by atoms with Gasteiger partial charge in [-0.1, -0.05) is 0 Å². The molecular formula is C9H9O3. The summed E-state index contributed by atoms with van der Waals surface area (Å²) in [6.07, 6.45) is 0.736. The molecule has 0 aromatic heterocycles. The van der Waals surface area contributed by atoms with Crippen molar-refractivity contribution < 1.29 is 14.3 Å². The van der Waals surface area contributed by atoms with Crippen LogP contribution in [0.15, 0.2) is 18.2 Å². The minimum Gasteiger partial charge on any atom is -0.468 e. The number of carbonyl (C=O) groups excluding carboxylic acids is 1. The number of aldehydes is 1. The number of benzene rings is 1. The highest BCUT2D eigenvalue weighted by atomic mass is 16.7. The standard InChI is InChI=1S/C9H9O3/c1-11-7-12-9-4-2-8(6-10)3-5-9/h2,4-6H,7H2,1H3. The molecule has 0 atom stereocenters. The number of rotatable bonds is 4. The van der Waals surface area contributed by atoms with Gasteiger partial charge in [0.1, 0.15) is 5.75 Å².